The molecule has 0 fully saturated rings. The summed E-state index contributed by atoms with van der Waals surface area (Å²) in [5.41, 5.74) is 7.99. The molecule has 2 aromatic carbocycles. The third kappa shape index (κ3) is 3.81. The molecule has 100 valence electrons. The molecule has 2 rings (SSSR count). The molecule has 0 aliphatic heterocycles. The Hall–Kier alpha value is -1.84. The second-order valence-electron chi connectivity index (χ2n) is 4.29. The summed E-state index contributed by atoms with van der Waals surface area (Å²) in [7, 11) is 1.66. The van der Waals surface area contributed by atoms with Gasteiger partial charge in [-0.15, -0.1) is 0 Å². The first kappa shape index (κ1) is 13.6. The quantitative estimate of drug-likeness (QED) is 0.865. The Morgan fingerprint density at radius 3 is 2.26 bits per heavy atom. The van der Waals surface area contributed by atoms with E-state index in [-0.39, 0.29) is 6.10 Å². The highest BCUT2D eigenvalue weighted by Gasteiger charge is 2.09. The molecule has 0 saturated carbocycles. The van der Waals surface area contributed by atoms with Crippen molar-refractivity contribution in [2.45, 2.75) is 12.7 Å². The maximum Gasteiger partial charge on any atom is 0.118 e. The number of hydrogen-bond acceptors (Lipinski definition) is 3. The molecule has 0 amide bonds. The first-order chi connectivity index (χ1) is 9.33. The van der Waals surface area contributed by atoms with Crippen molar-refractivity contribution in [3.8, 4) is 5.75 Å². The number of benzene rings is 2. The maximum atomic E-state index is 5.87. The molecule has 0 bridgehead atoms. The highest BCUT2D eigenvalue weighted by atomic mass is 16.5. The zero-order valence-electron chi connectivity index (χ0n) is 11.1. The van der Waals surface area contributed by atoms with Gasteiger partial charge in [0.15, 0.2) is 0 Å². The first-order valence-electron chi connectivity index (χ1n) is 6.33. The minimum Gasteiger partial charge on any atom is -0.497 e. The Kier molecular flexibility index (Phi) is 4.95. The maximum absolute atomic E-state index is 5.87. The number of hydrogen-bond donors (Lipinski definition) is 1. The standard InChI is InChI=1S/C16H19NO2/c1-18-15-9-7-13(8-10-15)12-19-16(11-17)14-5-3-2-4-6-14/h2-10,16H,11-12,17H2,1H3. The number of rotatable bonds is 6. The van der Waals surface area contributed by atoms with Crippen LogP contribution in [0.3, 0.4) is 0 Å². The van der Waals surface area contributed by atoms with Gasteiger partial charge < -0.3 is 15.2 Å². The predicted molar refractivity (Wildman–Crippen MR) is 76.0 cm³/mol. The van der Waals surface area contributed by atoms with E-state index in [0.717, 1.165) is 16.9 Å². The molecule has 2 aromatic rings. The number of methoxy groups -OCH3 is 1. The summed E-state index contributed by atoms with van der Waals surface area (Å²) < 4.78 is 11.0. The summed E-state index contributed by atoms with van der Waals surface area (Å²) in [6.45, 7) is 1.01. The second-order valence-corrected chi connectivity index (χ2v) is 4.29. The Balaban J connectivity index is 1.96. The van der Waals surface area contributed by atoms with E-state index in [1.165, 1.54) is 0 Å². The van der Waals surface area contributed by atoms with Gasteiger partial charge in [0.1, 0.15) is 5.75 Å². The van der Waals surface area contributed by atoms with Crippen LogP contribution in [0.4, 0.5) is 0 Å². The molecule has 0 aliphatic rings. The van der Waals surface area contributed by atoms with E-state index in [0.29, 0.717) is 13.2 Å². The minimum absolute atomic E-state index is 0.0664. The van der Waals surface area contributed by atoms with Gasteiger partial charge in [0.05, 0.1) is 19.8 Å². The third-order valence-electron chi connectivity index (χ3n) is 3.00. The summed E-state index contributed by atoms with van der Waals surface area (Å²) in [6.07, 6.45) is -0.0664. The molecule has 3 nitrogen and oxygen atoms in total. The van der Waals surface area contributed by atoms with Crippen LogP contribution in [0.15, 0.2) is 54.6 Å². The van der Waals surface area contributed by atoms with E-state index in [1.807, 2.05) is 54.6 Å². The average Bonchev–Trinajstić information content (AvgIpc) is 2.49. The fourth-order valence-electron chi connectivity index (χ4n) is 1.89. The molecule has 0 aliphatic carbocycles. The predicted octanol–water partition coefficient (Wildman–Crippen LogP) is 2.91. The number of ether oxygens (including phenoxy) is 2. The van der Waals surface area contributed by atoms with E-state index in [4.69, 9.17) is 15.2 Å². The lowest BCUT2D eigenvalue weighted by molar-refractivity contribution is 0.0456. The Bertz CT molecular complexity index is 482. The van der Waals surface area contributed by atoms with E-state index >= 15 is 0 Å². The van der Waals surface area contributed by atoms with Gasteiger partial charge in [0.2, 0.25) is 0 Å². The fourth-order valence-corrected chi connectivity index (χ4v) is 1.89. The molecule has 0 saturated heterocycles. The molecule has 0 spiro atoms. The first-order valence-corrected chi connectivity index (χ1v) is 6.33. The lowest BCUT2D eigenvalue weighted by Gasteiger charge is -2.16. The normalized spacial score (nSPS) is 12.1. The Morgan fingerprint density at radius 2 is 1.68 bits per heavy atom. The largest absolute Gasteiger partial charge is 0.497 e. The van der Waals surface area contributed by atoms with Crippen LogP contribution < -0.4 is 10.5 Å². The highest BCUT2D eigenvalue weighted by Crippen LogP contribution is 2.19. The topological polar surface area (TPSA) is 44.5 Å². The SMILES string of the molecule is COc1ccc(COC(CN)c2ccccc2)cc1. The van der Waals surface area contributed by atoms with Crippen LogP contribution in [0.5, 0.6) is 5.75 Å². The average molecular weight is 257 g/mol. The van der Waals surface area contributed by atoms with Gasteiger partial charge in [-0.25, -0.2) is 0 Å². The molecular weight excluding hydrogens is 238 g/mol. The summed E-state index contributed by atoms with van der Waals surface area (Å²) in [6, 6.07) is 17.9. The van der Waals surface area contributed by atoms with Crippen LogP contribution in [0.1, 0.15) is 17.2 Å². The molecule has 0 radical (unpaired) electrons. The van der Waals surface area contributed by atoms with Crippen molar-refractivity contribution < 1.29 is 9.47 Å². The van der Waals surface area contributed by atoms with Crippen LogP contribution in [0.2, 0.25) is 0 Å². The molecule has 1 atom stereocenters. The van der Waals surface area contributed by atoms with E-state index in [2.05, 4.69) is 0 Å². The molecule has 0 aromatic heterocycles. The van der Waals surface area contributed by atoms with Gasteiger partial charge in [0, 0.05) is 6.54 Å². The van der Waals surface area contributed by atoms with Crippen LogP contribution in [0, 0.1) is 0 Å². The molecule has 3 heteroatoms. The summed E-state index contributed by atoms with van der Waals surface area (Å²) >= 11 is 0. The summed E-state index contributed by atoms with van der Waals surface area (Å²) in [5.74, 6) is 0.849. The molecule has 1 unspecified atom stereocenters. The third-order valence-corrected chi connectivity index (χ3v) is 3.00. The molecule has 0 heterocycles. The summed E-state index contributed by atoms with van der Waals surface area (Å²) in [5, 5.41) is 0. The number of nitrogens with two attached hydrogens (primary N) is 1. The zero-order valence-corrected chi connectivity index (χ0v) is 11.1. The van der Waals surface area contributed by atoms with Crippen molar-refractivity contribution in [2.24, 2.45) is 5.73 Å². The van der Waals surface area contributed by atoms with Crippen molar-refractivity contribution in [1.29, 1.82) is 0 Å². The Labute approximate surface area is 114 Å². The van der Waals surface area contributed by atoms with Crippen LogP contribution in [-0.2, 0) is 11.3 Å². The second kappa shape index (κ2) is 6.92. The van der Waals surface area contributed by atoms with Gasteiger partial charge in [-0.05, 0) is 23.3 Å². The smallest absolute Gasteiger partial charge is 0.118 e. The van der Waals surface area contributed by atoms with Crippen LogP contribution in [-0.4, -0.2) is 13.7 Å². The lowest BCUT2D eigenvalue weighted by atomic mass is 10.1. The van der Waals surface area contributed by atoms with E-state index in [9.17, 15) is 0 Å². The van der Waals surface area contributed by atoms with Crippen LogP contribution >= 0.6 is 0 Å². The molecule has 19 heavy (non-hydrogen) atoms. The van der Waals surface area contributed by atoms with Crippen molar-refractivity contribution >= 4 is 0 Å². The van der Waals surface area contributed by atoms with Gasteiger partial charge in [-0.3, -0.25) is 0 Å². The summed E-state index contributed by atoms with van der Waals surface area (Å²) in [4.78, 5) is 0. The van der Waals surface area contributed by atoms with Crippen molar-refractivity contribution in [3.63, 3.8) is 0 Å². The van der Waals surface area contributed by atoms with Crippen molar-refractivity contribution in [3.05, 3.63) is 65.7 Å². The van der Waals surface area contributed by atoms with Gasteiger partial charge in [-0.2, -0.15) is 0 Å². The molecular formula is C16H19NO2. The van der Waals surface area contributed by atoms with E-state index in [1.54, 1.807) is 7.11 Å². The highest BCUT2D eigenvalue weighted by molar-refractivity contribution is 5.26. The van der Waals surface area contributed by atoms with Gasteiger partial charge in [0.25, 0.3) is 0 Å². The fraction of sp³-hybridized carbons (Fsp3) is 0.250. The van der Waals surface area contributed by atoms with Crippen LogP contribution in [0.25, 0.3) is 0 Å². The van der Waals surface area contributed by atoms with Crippen molar-refractivity contribution in [2.75, 3.05) is 13.7 Å². The van der Waals surface area contributed by atoms with E-state index < -0.39 is 0 Å². The minimum atomic E-state index is -0.0664. The zero-order chi connectivity index (χ0) is 13.5. The van der Waals surface area contributed by atoms with Gasteiger partial charge in [-0.1, -0.05) is 42.5 Å². The lowest BCUT2D eigenvalue weighted by Crippen LogP contribution is -2.15. The molecule has 2 N–H and O–H groups in total. The van der Waals surface area contributed by atoms with Gasteiger partial charge >= 0.3 is 0 Å². The van der Waals surface area contributed by atoms with Crippen molar-refractivity contribution in [1.82, 2.24) is 0 Å². The Morgan fingerprint density at radius 1 is 1.00 bits per heavy atom. The monoisotopic (exact) mass is 257 g/mol.